The van der Waals surface area contributed by atoms with Gasteiger partial charge in [-0.05, 0) is 26.9 Å². The summed E-state index contributed by atoms with van der Waals surface area (Å²) in [5, 5.41) is 6.38. The SMILES string of the molecule is CN(C)C1CCCN(C(=O)c2cn[nH]c2N)C1. The maximum Gasteiger partial charge on any atom is 0.259 e. The number of rotatable bonds is 2. The average molecular weight is 237 g/mol. The van der Waals surface area contributed by atoms with Crippen LogP contribution in [-0.2, 0) is 0 Å². The normalized spacial score (nSPS) is 20.9. The number of nitrogen functional groups attached to an aromatic ring is 1. The minimum Gasteiger partial charge on any atom is -0.383 e. The van der Waals surface area contributed by atoms with Gasteiger partial charge in [-0.3, -0.25) is 9.89 Å². The Morgan fingerprint density at radius 2 is 2.41 bits per heavy atom. The lowest BCUT2D eigenvalue weighted by atomic mass is 10.0. The third-order valence-corrected chi connectivity index (χ3v) is 3.31. The zero-order chi connectivity index (χ0) is 12.4. The van der Waals surface area contributed by atoms with Crippen molar-refractivity contribution in [3.63, 3.8) is 0 Å². The topological polar surface area (TPSA) is 78.2 Å². The molecule has 0 aromatic carbocycles. The van der Waals surface area contributed by atoms with Gasteiger partial charge in [0.1, 0.15) is 11.4 Å². The molecule has 0 aliphatic carbocycles. The van der Waals surface area contributed by atoms with Gasteiger partial charge in [-0.25, -0.2) is 0 Å². The van der Waals surface area contributed by atoms with Crippen LogP contribution >= 0.6 is 0 Å². The van der Waals surface area contributed by atoms with Crippen LogP contribution in [0.1, 0.15) is 23.2 Å². The predicted octanol–water partition coefficient (Wildman–Crippen LogP) is 0.158. The van der Waals surface area contributed by atoms with E-state index in [1.54, 1.807) is 0 Å². The van der Waals surface area contributed by atoms with Crippen molar-refractivity contribution in [1.29, 1.82) is 0 Å². The number of carbonyl (C=O) groups excluding carboxylic acids is 1. The summed E-state index contributed by atoms with van der Waals surface area (Å²) in [6.45, 7) is 1.56. The standard InChI is InChI=1S/C11H19N5O/c1-15(2)8-4-3-5-16(7-8)11(17)9-6-13-14-10(9)12/h6,8H,3-5,7H2,1-2H3,(H3,12,13,14). The number of likely N-dealkylation sites (N-methyl/N-ethyl adjacent to an activating group) is 1. The smallest absolute Gasteiger partial charge is 0.259 e. The summed E-state index contributed by atoms with van der Waals surface area (Å²) in [5.74, 6) is 0.324. The summed E-state index contributed by atoms with van der Waals surface area (Å²) in [6, 6.07) is 0.431. The van der Waals surface area contributed by atoms with E-state index < -0.39 is 0 Å². The highest BCUT2D eigenvalue weighted by Gasteiger charge is 2.26. The van der Waals surface area contributed by atoms with Crippen molar-refractivity contribution in [2.75, 3.05) is 32.9 Å². The molecule has 0 radical (unpaired) electrons. The molecule has 17 heavy (non-hydrogen) atoms. The summed E-state index contributed by atoms with van der Waals surface area (Å²) in [4.78, 5) is 16.2. The second-order valence-corrected chi connectivity index (χ2v) is 4.71. The molecule has 1 aliphatic heterocycles. The fraction of sp³-hybridized carbons (Fsp3) is 0.636. The Labute approximate surface area is 101 Å². The van der Waals surface area contributed by atoms with Crippen molar-refractivity contribution < 1.29 is 4.79 Å². The van der Waals surface area contributed by atoms with E-state index in [4.69, 9.17) is 5.73 Å². The van der Waals surface area contributed by atoms with E-state index in [9.17, 15) is 4.79 Å². The van der Waals surface area contributed by atoms with E-state index in [-0.39, 0.29) is 5.91 Å². The molecule has 6 nitrogen and oxygen atoms in total. The summed E-state index contributed by atoms with van der Waals surface area (Å²) in [7, 11) is 4.09. The van der Waals surface area contributed by atoms with E-state index in [1.807, 2.05) is 19.0 Å². The number of nitrogens with two attached hydrogens (primary N) is 1. The maximum absolute atomic E-state index is 12.2. The van der Waals surface area contributed by atoms with Crippen molar-refractivity contribution in [3.8, 4) is 0 Å². The molecule has 3 N–H and O–H groups in total. The number of hydrogen-bond acceptors (Lipinski definition) is 4. The average Bonchev–Trinajstić information content (AvgIpc) is 2.74. The number of piperidine rings is 1. The molecular weight excluding hydrogens is 218 g/mol. The van der Waals surface area contributed by atoms with E-state index >= 15 is 0 Å². The Hall–Kier alpha value is -1.56. The van der Waals surface area contributed by atoms with E-state index in [2.05, 4.69) is 15.1 Å². The molecular formula is C11H19N5O. The van der Waals surface area contributed by atoms with Gasteiger partial charge in [-0.1, -0.05) is 0 Å². The van der Waals surface area contributed by atoms with Crippen molar-refractivity contribution >= 4 is 11.7 Å². The van der Waals surface area contributed by atoms with Gasteiger partial charge >= 0.3 is 0 Å². The number of nitrogens with zero attached hydrogens (tertiary/aromatic N) is 3. The predicted molar refractivity (Wildman–Crippen MR) is 65.6 cm³/mol. The van der Waals surface area contributed by atoms with Crippen molar-refractivity contribution in [2.24, 2.45) is 0 Å². The molecule has 2 rings (SSSR count). The van der Waals surface area contributed by atoms with Gasteiger partial charge in [0.2, 0.25) is 0 Å². The Morgan fingerprint density at radius 3 is 3.00 bits per heavy atom. The van der Waals surface area contributed by atoms with Crippen LogP contribution in [0, 0.1) is 0 Å². The number of aromatic amines is 1. The van der Waals surface area contributed by atoms with Crippen molar-refractivity contribution in [3.05, 3.63) is 11.8 Å². The molecule has 1 saturated heterocycles. The number of H-pyrrole nitrogens is 1. The van der Waals surface area contributed by atoms with Gasteiger partial charge in [-0.15, -0.1) is 0 Å². The first-order chi connectivity index (χ1) is 8.09. The first-order valence-electron chi connectivity index (χ1n) is 5.84. The first kappa shape index (κ1) is 11.9. The molecule has 1 aliphatic rings. The number of hydrogen-bond donors (Lipinski definition) is 2. The molecule has 1 aromatic heterocycles. The molecule has 1 fully saturated rings. The number of aromatic nitrogens is 2. The summed E-state index contributed by atoms with van der Waals surface area (Å²) in [6.07, 6.45) is 3.67. The van der Waals surface area contributed by atoms with Gasteiger partial charge in [0.05, 0.1) is 6.20 Å². The first-order valence-corrected chi connectivity index (χ1v) is 5.84. The Bertz CT molecular complexity index is 400. The van der Waals surface area contributed by atoms with Crippen LogP contribution in [0.2, 0.25) is 0 Å². The van der Waals surface area contributed by atoms with Crippen molar-refractivity contribution in [1.82, 2.24) is 20.0 Å². The maximum atomic E-state index is 12.2. The molecule has 1 unspecified atom stereocenters. The van der Waals surface area contributed by atoms with Gasteiger partial charge < -0.3 is 15.5 Å². The van der Waals surface area contributed by atoms with Crippen LogP contribution in [0.5, 0.6) is 0 Å². The number of amides is 1. The third kappa shape index (κ3) is 2.41. The molecule has 0 spiro atoms. The molecule has 6 heteroatoms. The molecule has 2 heterocycles. The molecule has 94 valence electrons. The van der Waals surface area contributed by atoms with Crippen LogP contribution in [-0.4, -0.2) is 59.1 Å². The van der Waals surface area contributed by atoms with Crippen LogP contribution in [0.25, 0.3) is 0 Å². The lowest BCUT2D eigenvalue weighted by Crippen LogP contribution is -2.47. The van der Waals surface area contributed by atoms with Crippen LogP contribution < -0.4 is 5.73 Å². The fourth-order valence-corrected chi connectivity index (χ4v) is 2.20. The minimum atomic E-state index is -0.0252. The summed E-state index contributed by atoms with van der Waals surface area (Å²) >= 11 is 0. The number of likely N-dealkylation sites (tertiary alicyclic amines) is 1. The molecule has 1 aromatic rings. The number of anilines is 1. The van der Waals surface area contributed by atoms with Gasteiger partial charge in [0.25, 0.3) is 5.91 Å². The zero-order valence-electron chi connectivity index (χ0n) is 10.3. The van der Waals surface area contributed by atoms with Crippen LogP contribution in [0.3, 0.4) is 0 Å². The lowest BCUT2D eigenvalue weighted by Gasteiger charge is -2.36. The van der Waals surface area contributed by atoms with E-state index in [0.717, 1.165) is 25.9 Å². The Morgan fingerprint density at radius 1 is 1.65 bits per heavy atom. The van der Waals surface area contributed by atoms with Crippen molar-refractivity contribution in [2.45, 2.75) is 18.9 Å². The highest BCUT2D eigenvalue weighted by Crippen LogP contribution is 2.18. The van der Waals surface area contributed by atoms with Gasteiger partial charge in [-0.2, -0.15) is 5.10 Å². The van der Waals surface area contributed by atoms with Crippen LogP contribution in [0.15, 0.2) is 6.20 Å². The molecule has 1 atom stereocenters. The second kappa shape index (κ2) is 4.75. The highest BCUT2D eigenvalue weighted by atomic mass is 16.2. The quantitative estimate of drug-likeness (QED) is 0.768. The lowest BCUT2D eigenvalue weighted by molar-refractivity contribution is 0.0636. The monoisotopic (exact) mass is 237 g/mol. The molecule has 0 saturated carbocycles. The number of nitrogens with one attached hydrogen (secondary N) is 1. The van der Waals surface area contributed by atoms with Gasteiger partial charge in [0, 0.05) is 19.1 Å². The Balaban J connectivity index is 2.07. The highest BCUT2D eigenvalue weighted by molar-refractivity contribution is 5.98. The van der Waals surface area contributed by atoms with Gasteiger partial charge in [0.15, 0.2) is 0 Å². The molecule has 0 bridgehead atoms. The van der Waals surface area contributed by atoms with Crippen LogP contribution in [0.4, 0.5) is 5.82 Å². The summed E-state index contributed by atoms with van der Waals surface area (Å²) < 4.78 is 0. The van der Waals surface area contributed by atoms with E-state index in [1.165, 1.54) is 6.20 Å². The zero-order valence-corrected chi connectivity index (χ0v) is 10.3. The fourth-order valence-electron chi connectivity index (χ4n) is 2.20. The van der Waals surface area contributed by atoms with E-state index in [0.29, 0.717) is 17.4 Å². The Kier molecular flexibility index (Phi) is 3.33. The second-order valence-electron chi connectivity index (χ2n) is 4.71. The largest absolute Gasteiger partial charge is 0.383 e. The molecule has 1 amide bonds. The third-order valence-electron chi connectivity index (χ3n) is 3.31. The number of carbonyl (C=O) groups is 1. The minimum absolute atomic E-state index is 0.0252. The summed E-state index contributed by atoms with van der Waals surface area (Å²) in [5.41, 5.74) is 6.14.